The Labute approximate surface area is 118 Å². The Balaban J connectivity index is 1.89. The number of likely N-dealkylation sites (N-methyl/N-ethyl adjacent to an activating group) is 1. The quantitative estimate of drug-likeness (QED) is 0.725. The van der Waals surface area contributed by atoms with E-state index in [4.69, 9.17) is 0 Å². The van der Waals surface area contributed by atoms with Crippen LogP contribution in [0.4, 0.5) is 5.69 Å². The van der Waals surface area contributed by atoms with Gasteiger partial charge in [0.1, 0.15) is 0 Å². The summed E-state index contributed by atoms with van der Waals surface area (Å²) >= 11 is 1.93. The van der Waals surface area contributed by atoms with Gasteiger partial charge in [-0.3, -0.25) is 0 Å². The Morgan fingerprint density at radius 1 is 1.11 bits per heavy atom. The fourth-order valence-electron chi connectivity index (χ4n) is 3.36. The summed E-state index contributed by atoms with van der Waals surface area (Å²) in [6.07, 6.45) is 1.09. The first kappa shape index (κ1) is 11.5. The smallest absolute Gasteiger partial charge is 0.0765 e. The van der Waals surface area contributed by atoms with Crippen LogP contribution < -0.4 is 4.90 Å². The monoisotopic (exact) mass is 270 g/mol. The van der Waals surface area contributed by atoms with Gasteiger partial charge in [0.15, 0.2) is 0 Å². The lowest BCUT2D eigenvalue weighted by Gasteiger charge is -2.41. The summed E-state index contributed by atoms with van der Waals surface area (Å²) < 4.78 is 0. The molecule has 19 heavy (non-hydrogen) atoms. The predicted molar refractivity (Wildman–Crippen MR) is 81.2 cm³/mol. The molecule has 1 fully saturated rings. The van der Waals surface area contributed by atoms with Crippen LogP contribution in [0.1, 0.15) is 22.0 Å². The summed E-state index contributed by atoms with van der Waals surface area (Å²) in [6.45, 7) is 3.43. The minimum Gasteiger partial charge on any atom is -0.361 e. The van der Waals surface area contributed by atoms with Gasteiger partial charge in [-0.05, 0) is 35.7 Å². The number of piperazine rings is 1. The number of thiophene rings is 1. The number of rotatable bonds is 0. The summed E-state index contributed by atoms with van der Waals surface area (Å²) in [5.41, 5.74) is 4.46. The van der Waals surface area contributed by atoms with Crippen LogP contribution in [0.2, 0.25) is 0 Å². The fourth-order valence-corrected chi connectivity index (χ4v) is 4.39. The second-order valence-electron chi connectivity index (χ2n) is 5.59. The molecular weight excluding hydrogens is 252 g/mol. The van der Waals surface area contributed by atoms with Gasteiger partial charge in [-0.2, -0.15) is 0 Å². The van der Waals surface area contributed by atoms with Crippen molar-refractivity contribution in [2.45, 2.75) is 12.5 Å². The fraction of sp³-hybridized carbons (Fsp3) is 0.375. The zero-order chi connectivity index (χ0) is 12.8. The Kier molecular flexibility index (Phi) is 2.64. The van der Waals surface area contributed by atoms with E-state index in [1.165, 1.54) is 16.8 Å². The van der Waals surface area contributed by atoms with Crippen molar-refractivity contribution in [3.63, 3.8) is 0 Å². The maximum absolute atomic E-state index is 2.62. The van der Waals surface area contributed by atoms with Crippen molar-refractivity contribution in [1.29, 1.82) is 0 Å². The van der Waals surface area contributed by atoms with Crippen LogP contribution in [0, 0.1) is 0 Å². The highest BCUT2D eigenvalue weighted by Gasteiger charge is 2.32. The number of hydrogen-bond donors (Lipinski definition) is 0. The van der Waals surface area contributed by atoms with Crippen molar-refractivity contribution < 1.29 is 0 Å². The standard InChI is InChI=1S/C16H18N2S/c1-17-7-8-18-14-5-3-2-4-12(14)10-13-6-9-19-16(13)15(18)11-17/h2-6,9,15H,7-8,10-11H2,1H3/t15-/m0/s1. The highest BCUT2D eigenvalue weighted by Crippen LogP contribution is 2.41. The number of hydrogen-bond acceptors (Lipinski definition) is 3. The van der Waals surface area contributed by atoms with Crippen molar-refractivity contribution in [2.75, 3.05) is 31.6 Å². The zero-order valence-electron chi connectivity index (χ0n) is 11.2. The second kappa shape index (κ2) is 4.36. The van der Waals surface area contributed by atoms with Gasteiger partial charge in [0, 0.05) is 36.6 Å². The third kappa shape index (κ3) is 1.80. The van der Waals surface area contributed by atoms with Crippen LogP contribution in [0.5, 0.6) is 0 Å². The van der Waals surface area contributed by atoms with Crippen molar-refractivity contribution >= 4 is 17.0 Å². The highest BCUT2D eigenvalue weighted by atomic mass is 32.1. The zero-order valence-corrected chi connectivity index (χ0v) is 12.0. The number of fused-ring (bicyclic) bond motifs is 5. The average Bonchev–Trinajstić information content (AvgIpc) is 2.83. The first-order chi connectivity index (χ1) is 9.33. The average molecular weight is 270 g/mol. The first-order valence-electron chi connectivity index (χ1n) is 6.92. The Bertz CT molecular complexity index is 604. The Hall–Kier alpha value is -1.32. The molecule has 1 aromatic carbocycles. The van der Waals surface area contributed by atoms with Crippen LogP contribution in [0.3, 0.4) is 0 Å². The molecule has 4 rings (SSSR count). The SMILES string of the molecule is CN1CCN2c3ccccc3Cc3ccsc3[C@@H]2C1. The number of benzene rings is 1. The molecule has 3 heteroatoms. The third-order valence-corrected chi connectivity index (χ3v) is 5.41. The lowest BCUT2D eigenvalue weighted by Crippen LogP contribution is -2.46. The third-order valence-electron chi connectivity index (χ3n) is 4.35. The van der Waals surface area contributed by atoms with Crippen molar-refractivity contribution in [1.82, 2.24) is 4.90 Å². The molecule has 1 aromatic heterocycles. The minimum atomic E-state index is 0.539. The number of anilines is 1. The topological polar surface area (TPSA) is 6.48 Å². The first-order valence-corrected chi connectivity index (χ1v) is 7.80. The van der Waals surface area contributed by atoms with E-state index in [0.29, 0.717) is 6.04 Å². The predicted octanol–water partition coefficient (Wildman–Crippen LogP) is 3.15. The Morgan fingerprint density at radius 2 is 2.00 bits per heavy atom. The van der Waals surface area contributed by atoms with Gasteiger partial charge in [-0.15, -0.1) is 11.3 Å². The molecule has 0 saturated carbocycles. The largest absolute Gasteiger partial charge is 0.361 e. The van der Waals surface area contributed by atoms with E-state index in [9.17, 15) is 0 Å². The van der Waals surface area contributed by atoms with Crippen LogP contribution in [-0.2, 0) is 6.42 Å². The molecule has 3 heterocycles. The number of para-hydroxylation sites is 1. The van der Waals surface area contributed by atoms with E-state index in [2.05, 4.69) is 52.6 Å². The molecule has 2 nitrogen and oxygen atoms in total. The molecule has 0 spiro atoms. The minimum absolute atomic E-state index is 0.539. The second-order valence-corrected chi connectivity index (χ2v) is 6.53. The lowest BCUT2D eigenvalue weighted by atomic mass is 10.0. The molecule has 0 unspecified atom stereocenters. The lowest BCUT2D eigenvalue weighted by molar-refractivity contribution is 0.271. The molecule has 0 aliphatic carbocycles. The van der Waals surface area contributed by atoms with Crippen LogP contribution in [-0.4, -0.2) is 31.6 Å². The van der Waals surface area contributed by atoms with E-state index < -0.39 is 0 Å². The molecule has 2 aliphatic heterocycles. The molecule has 2 aromatic rings. The Morgan fingerprint density at radius 3 is 2.95 bits per heavy atom. The van der Waals surface area contributed by atoms with Crippen LogP contribution >= 0.6 is 11.3 Å². The molecule has 0 radical (unpaired) electrons. The van der Waals surface area contributed by atoms with Gasteiger partial charge in [0.05, 0.1) is 6.04 Å². The molecule has 0 bridgehead atoms. The van der Waals surface area contributed by atoms with Gasteiger partial charge in [-0.25, -0.2) is 0 Å². The van der Waals surface area contributed by atoms with E-state index >= 15 is 0 Å². The molecule has 2 aliphatic rings. The maximum Gasteiger partial charge on any atom is 0.0765 e. The van der Waals surface area contributed by atoms with Crippen molar-refractivity contribution in [2.24, 2.45) is 0 Å². The molecule has 0 amide bonds. The highest BCUT2D eigenvalue weighted by molar-refractivity contribution is 7.10. The molecular formula is C16H18N2S. The summed E-state index contributed by atoms with van der Waals surface area (Å²) in [6, 6.07) is 11.8. The summed E-state index contributed by atoms with van der Waals surface area (Å²) in [5.74, 6) is 0. The molecule has 98 valence electrons. The van der Waals surface area contributed by atoms with Gasteiger partial charge in [0.2, 0.25) is 0 Å². The van der Waals surface area contributed by atoms with E-state index in [0.717, 1.165) is 26.1 Å². The summed E-state index contributed by atoms with van der Waals surface area (Å²) in [5, 5.41) is 2.26. The molecule has 1 saturated heterocycles. The van der Waals surface area contributed by atoms with E-state index in [-0.39, 0.29) is 0 Å². The summed E-state index contributed by atoms with van der Waals surface area (Å²) in [7, 11) is 2.24. The van der Waals surface area contributed by atoms with Crippen LogP contribution in [0.15, 0.2) is 35.7 Å². The normalized spacial score (nSPS) is 22.4. The summed E-state index contributed by atoms with van der Waals surface area (Å²) in [4.78, 5) is 6.65. The molecule has 1 atom stereocenters. The van der Waals surface area contributed by atoms with Crippen molar-refractivity contribution in [3.05, 3.63) is 51.7 Å². The van der Waals surface area contributed by atoms with Gasteiger partial charge in [0.25, 0.3) is 0 Å². The number of nitrogens with zero attached hydrogens (tertiary/aromatic N) is 2. The van der Waals surface area contributed by atoms with E-state index in [1.807, 2.05) is 11.3 Å². The van der Waals surface area contributed by atoms with Crippen molar-refractivity contribution in [3.8, 4) is 0 Å². The van der Waals surface area contributed by atoms with Gasteiger partial charge < -0.3 is 9.80 Å². The van der Waals surface area contributed by atoms with Crippen LogP contribution in [0.25, 0.3) is 0 Å². The van der Waals surface area contributed by atoms with Gasteiger partial charge >= 0.3 is 0 Å². The maximum atomic E-state index is 2.62. The van der Waals surface area contributed by atoms with E-state index in [1.54, 1.807) is 4.88 Å². The molecule has 0 N–H and O–H groups in total. The van der Waals surface area contributed by atoms with Gasteiger partial charge in [-0.1, -0.05) is 18.2 Å².